The lowest BCUT2D eigenvalue weighted by Crippen LogP contribution is -2.44. The second kappa shape index (κ2) is 7.75. The molecule has 7 nitrogen and oxygen atoms in total. The van der Waals surface area contributed by atoms with Gasteiger partial charge >= 0.3 is 0 Å². The summed E-state index contributed by atoms with van der Waals surface area (Å²) in [7, 11) is 1.56. The van der Waals surface area contributed by atoms with E-state index in [9.17, 15) is 4.79 Å². The van der Waals surface area contributed by atoms with Crippen molar-refractivity contribution in [3.63, 3.8) is 0 Å². The predicted octanol–water partition coefficient (Wildman–Crippen LogP) is 2.13. The maximum atomic E-state index is 12.5. The molecule has 1 aliphatic rings. The van der Waals surface area contributed by atoms with Crippen molar-refractivity contribution >= 4 is 11.6 Å². The number of nitrogens with one attached hydrogen (secondary N) is 1. The predicted molar refractivity (Wildman–Crippen MR) is 102 cm³/mol. The Balaban J connectivity index is 1.33. The van der Waals surface area contributed by atoms with Gasteiger partial charge in [0.25, 0.3) is 5.91 Å². The van der Waals surface area contributed by atoms with Crippen LogP contribution in [-0.4, -0.2) is 51.6 Å². The van der Waals surface area contributed by atoms with Crippen molar-refractivity contribution in [3.8, 4) is 5.88 Å². The average Bonchev–Trinajstić information content (AvgIpc) is 3.13. The van der Waals surface area contributed by atoms with E-state index >= 15 is 0 Å². The Morgan fingerprint density at radius 1 is 1.19 bits per heavy atom. The molecule has 1 aliphatic heterocycles. The molecule has 3 heterocycles. The summed E-state index contributed by atoms with van der Waals surface area (Å²) >= 11 is 0. The molecule has 4 rings (SSSR count). The molecule has 2 aromatic heterocycles. The van der Waals surface area contributed by atoms with Gasteiger partial charge < -0.3 is 10.1 Å². The molecule has 0 unspecified atom stereocenters. The van der Waals surface area contributed by atoms with Crippen LogP contribution in [0.2, 0.25) is 0 Å². The summed E-state index contributed by atoms with van der Waals surface area (Å²) in [4.78, 5) is 19.3. The number of piperidine rings is 1. The standard InChI is InChI=1S/C20H23N5O2/c1-27-19-8-7-18-22-17(14-25(18)23-19)20(26)21-16-9-11-24(12-10-16)13-15-5-3-2-4-6-15/h2-8,14,16H,9-13H2,1H3,(H,21,26). The van der Waals surface area contributed by atoms with E-state index in [0.717, 1.165) is 32.5 Å². The van der Waals surface area contributed by atoms with Crippen molar-refractivity contribution < 1.29 is 9.53 Å². The molecule has 0 bridgehead atoms. The van der Waals surface area contributed by atoms with Crippen LogP contribution in [0.5, 0.6) is 5.88 Å². The smallest absolute Gasteiger partial charge is 0.271 e. The van der Waals surface area contributed by atoms with Gasteiger partial charge in [0.1, 0.15) is 5.69 Å². The van der Waals surface area contributed by atoms with Crippen molar-refractivity contribution in [2.45, 2.75) is 25.4 Å². The first kappa shape index (κ1) is 17.5. The van der Waals surface area contributed by atoms with E-state index in [4.69, 9.17) is 4.74 Å². The van der Waals surface area contributed by atoms with E-state index in [2.05, 4.69) is 44.6 Å². The normalized spacial score (nSPS) is 15.7. The van der Waals surface area contributed by atoms with Crippen LogP contribution >= 0.6 is 0 Å². The second-order valence-electron chi connectivity index (χ2n) is 6.81. The van der Waals surface area contributed by atoms with Gasteiger partial charge in [0.2, 0.25) is 5.88 Å². The van der Waals surface area contributed by atoms with Crippen molar-refractivity contribution in [3.05, 3.63) is 59.9 Å². The topological polar surface area (TPSA) is 71.8 Å². The molecule has 1 aromatic carbocycles. The minimum absolute atomic E-state index is 0.152. The van der Waals surface area contributed by atoms with Crippen molar-refractivity contribution in [1.82, 2.24) is 24.8 Å². The Morgan fingerprint density at radius 3 is 2.70 bits per heavy atom. The molecule has 3 aromatic rings. The minimum atomic E-state index is -0.152. The van der Waals surface area contributed by atoms with Gasteiger partial charge in [-0.25, -0.2) is 9.50 Å². The third kappa shape index (κ3) is 4.09. The summed E-state index contributed by atoms with van der Waals surface area (Å²) in [6.07, 6.45) is 3.52. The van der Waals surface area contributed by atoms with Gasteiger partial charge in [-0.1, -0.05) is 30.3 Å². The summed E-state index contributed by atoms with van der Waals surface area (Å²) in [5, 5.41) is 7.35. The van der Waals surface area contributed by atoms with Gasteiger partial charge in [0, 0.05) is 31.7 Å². The molecular weight excluding hydrogens is 342 g/mol. The second-order valence-corrected chi connectivity index (χ2v) is 6.81. The van der Waals surface area contributed by atoms with Gasteiger partial charge in [0.15, 0.2) is 5.65 Å². The molecular formula is C20H23N5O2. The third-order valence-corrected chi connectivity index (χ3v) is 4.91. The molecule has 0 radical (unpaired) electrons. The molecule has 0 spiro atoms. The first-order valence-electron chi connectivity index (χ1n) is 9.19. The van der Waals surface area contributed by atoms with E-state index in [1.165, 1.54) is 5.56 Å². The number of hydrogen-bond acceptors (Lipinski definition) is 5. The number of ether oxygens (including phenoxy) is 1. The van der Waals surface area contributed by atoms with Crippen molar-refractivity contribution in [1.29, 1.82) is 0 Å². The molecule has 1 fully saturated rings. The van der Waals surface area contributed by atoms with Crippen LogP contribution in [0, 0.1) is 0 Å². The number of carbonyl (C=O) groups excluding carboxylic acids is 1. The van der Waals surface area contributed by atoms with Crippen molar-refractivity contribution in [2.75, 3.05) is 20.2 Å². The third-order valence-electron chi connectivity index (χ3n) is 4.91. The van der Waals surface area contributed by atoms with Crippen molar-refractivity contribution in [2.24, 2.45) is 0 Å². The quantitative estimate of drug-likeness (QED) is 0.750. The number of imidazole rings is 1. The Morgan fingerprint density at radius 2 is 1.96 bits per heavy atom. The molecule has 0 saturated carbocycles. The fourth-order valence-corrected chi connectivity index (χ4v) is 3.42. The number of carbonyl (C=O) groups is 1. The molecule has 27 heavy (non-hydrogen) atoms. The number of nitrogens with zero attached hydrogens (tertiary/aromatic N) is 4. The minimum Gasteiger partial charge on any atom is -0.480 e. The maximum Gasteiger partial charge on any atom is 0.271 e. The lowest BCUT2D eigenvalue weighted by Gasteiger charge is -2.32. The highest BCUT2D eigenvalue weighted by Crippen LogP contribution is 2.15. The van der Waals surface area contributed by atoms with E-state index in [-0.39, 0.29) is 11.9 Å². The molecule has 0 aliphatic carbocycles. The average molecular weight is 365 g/mol. The van der Waals surface area contributed by atoms with Crippen LogP contribution in [0.25, 0.3) is 5.65 Å². The summed E-state index contributed by atoms with van der Waals surface area (Å²) in [6, 6.07) is 14.2. The zero-order valence-electron chi connectivity index (χ0n) is 15.3. The Hall–Kier alpha value is -2.93. The molecule has 0 atom stereocenters. The highest BCUT2D eigenvalue weighted by Gasteiger charge is 2.22. The van der Waals surface area contributed by atoms with Crippen LogP contribution in [-0.2, 0) is 6.54 Å². The summed E-state index contributed by atoms with van der Waals surface area (Å²) < 4.78 is 6.67. The lowest BCUT2D eigenvalue weighted by atomic mass is 10.0. The SMILES string of the molecule is COc1ccc2nc(C(=O)NC3CCN(Cc4ccccc4)CC3)cn2n1. The fraction of sp³-hybridized carbons (Fsp3) is 0.350. The number of benzene rings is 1. The zero-order valence-corrected chi connectivity index (χ0v) is 15.3. The number of hydrogen-bond donors (Lipinski definition) is 1. The molecule has 1 saturated heterocycles. The number of fused-ring (bicyclic) bond motifs is 1. The molecule has 1 amide bonds. The highest BCUT2D eigenvalue weighted by molar-refractivity contribution is 5.93. The monoisotopic (exact) mass is 365 g/mol. The number of rotatable bonds is 5. The number of amides is 1. The first-order valence-corrected chi connectivity index (χ1v) is 9.19. The van der Waals surface area contributed by atoms with Crippen LogP contribution in [0.4, 0.5) is 0 Å². The molecule has 1 N–H and O–H groups in total. The van der Waals surface area contributed by atoms with Crippen LogP contribution in [0.3, 0.4) is 0 Å². The van der Waals surface area contributed by atoms with Gasteiger partial charge in [-0.3, -0.25) is 9.69 Å². The Bertz CT molecular complexity index is 917. The molecule has 140 valence electrons. The van der Waals surface area contributed by atoms with E-state index < -0.39 is 0 Å². The zero-order chi connectivity index (χ0) is 18.6. The highest BCUT2D eigenvalue weighted by atomic mass is 16.5. The van der Waals surface area contributed by atoms with Crippen LogP contribution < -0.4 is 10.1 Å². The first-order chi connectivity index (χ1) is 13.2. The largest absolute Gasteiger partial charge is 0.480 e. The fourth-order valence-electron chi connectivity index (χ4n) is 3.42. The van der Waals surface area contributed by atoms with E-state index in [0.29, 0.717) is 17.2 Å². The van der Waals surface area contributed by atoms with E-state index in [1.54, 1.807) is 30.0 Å². The maximum absolute atomic E-state index is 12.5. The van der Waals surface area contributed by atoms with Gasteiger partial charge in [-0.15, -0.1) is 5.10 Å². The number of likely N-dealkylation sites (tertiary alicyclic amines) is 1. The van der Waals surface area contributed by atoms with Gasteiger partial charge in [-0.2, -0.15) is 0 Å². The molecule has 7 heteroatoms. The summed E-state index contributed by atoms with van der Waals surface area (Å²) in [6.45, 7) is 2.91. The van der Waals surface area contributed by atoms with Gasteiger partial charge in [-0.05, 0) is 24.5 Å². The Kier molecular flexibility index (Phi) is 5.02. The van der Waals surface area contributed by atoms with Crippen LogP contribution in [0.1, 0.15) is 28.9 Å². The Labute approximate surface area is 158 Å². The van der Waals surface area contributed by atoms with Crippen LogP contribution in [0.15, 0.2) is 48.7 Å². The van der Waals surface area contributed by atoms with Gasteiger partial charge in [0.05, 0.1) is 13.3 Å². The lowest BCUT2D eigenvalue weighted by molar-refractivity contribution is 0.0904. The number of aromatic nitrogens is 3. The summed E-state index contributed by atoms with van der Waals surface area (Å²) in [5.74, 6) is 0.332. The number of methoxy groups -OCH3 is 1. The summed E-state index contributed by atoms with van der Waals surface area (Å²) in [5.41, 5.74) is 2.33. The van der Waals surface area contributed by atoms with E-state index in [1.807, 2.05) is 6.07 Å².